The Morgan fingerprint density at radius 2 is 1.76 bits per heavy atom. The van der Waals surface area contributed by atoms with Gasteiger partial charge in [0.2, 0.25) is 0 Å². The quantitative estimate of drug-likeness (QED) is 0.490. The Morgan fingerprint density at radius 1 is 1.00 bits per heavy atom. The van der Waals surface area contributed by atoms with Crippen LogP contribution >= 0.6 is 0 Å². The Balaban J connectivity index is 0.000000630. The van der Waals surface area contributed by atoms with Gasteiger partial charge in [-0.1, -0.05) is 48.9 Å². The Labute approximate surface area is 182 Å². The van der Waals surface area contributed by atoms with Gasteiger partial charge in [0.25, 0.3) is 0 Å². The van der Waals surface area contributed by atoms with Crippen molar-refractivity contribution in [2.45, 2.75) is 19.8 Å². The van der Waals surface area contributed by atoms with E-state index in [2.05, 4.69) is 79.7 Å². The zero-order valence-electron chi connectivity index (χ0n) is 14.2. The summed E-state index contributed by atoms with van der Waals surface area (Å²) in [5.41, 5.74) is 4.05. The Hall–Kier alpha value is -1.01. The molecule has 0 fully saturated rings. The van der Waals surface area contributed by atoms with E-state index in [1.165, 1.54) is 27.5 Å². The van der Waals surface area contributed by atoms with Crippen LogP contribution in [-0.4, -0.2) is 0 Å². The van der Waals surface area contributed by atoms with Crippen molar-refractivity contribution >= 4 is 10.8 Å². The standard InChI is InChI=1S/C17H15.C5H5.2ClH.Zr/c1-2-13-11-15-9-6-10-16(17(15)12-13)14-7-4-3-5-8-14;1-2-4-5-3-1;;;/h3-12H,2H2,1H3;1-3H,4H2;2*1H;/q2*-1;;;+4/p-2. The molecule has 0 unspecified atom stereocenters. The minimum Gasteiger partial charge on any atom is -1.00 e. The molecule has 3 heteroatoms. The second-order valence-electron chi connectivity index (χ2n) is 5.39. The molecule has 1 aliphatic carbocycles. The third-order valence-corrected chi connectivity index (χ3v) is 3.89. The zero-order chi connectivity index (χ0) is 15.2. The minimum absolute atomic E-state index is 0. The molecule has 0 nitrogen and oxygen atoms in total. The van der Waals surface area contributed by atoms with E-state index in [1.54, 1.807) is 0 Å². The van der Waals surface area contributed by atoms with Gasteiger partial charge in [-0.3, -0.25) is 6.08 Å². The summed E-state index contributed by atoms with van der Waals surface area (Å²) in [4.78, 5) is 0. The van der Waals surface area contributed by atoms with Gasteiger partial charge in [-0.05, 0) is 12.0 Å². The number of halogens is 2. The molecule has 25 heavy (non-hydrogen) atoms. The predicted octanol–water partition coefficient (Wildman–Crippen LogP) is 0.0993. The topological polar surface area (TPSA) is 0 Å². The van der Waals surface area contributed by atoms with Gasteiger partial charge in [-0.2, -0.15) is 12.1 Å². The van der Waals surface area contributed by atoms with Crippen LogP contribution in [0.5, 0.6) is 0 Å². The summed E-state index contributed by atoms with van der Waals surface area (Å²) in [6.45, 7) is 2.20. The number of hydrogen-bond donors (Lipinski definition) is 0. The smallest absolute Gasteiger partial charge is 1.00 e. The van der Waals surface area contributed by atoms with Crippen LogP contribution < -0.4 is 24.8 Å². The summed E-state index contributed by atoms with van der Waals surface area (Å²) < 4.78 is 0. The summed E-state index contributed by atoms with van der Waals surface area (Å²) >= 11 is 0. The molecule has 0 radical (unpaired) electrons. The van der Waals surface area contributed by atoms with Gasteiger partial charge < -0.3 is 24.8 Å². The van der Waals surface area contributed by atoms with E-state index in [9.17, 15) is 0 Å². The fraction of sp³-hybridized carbons (Fsp3) is 0.136. The van der Waals surface area contributed by atoms with Gasteiger partial charge in [0, 0.05) is 0 Å². The minimum atomic E-state index is 0. The molecule has 126 valence electrons. The van der Waals surface area contributed by atoms with E-state index in [1.807, 2.05) is 12.2 Å². The molecule has 3 aromatic carbocycles. The second-order valence-corrected chi connectivity index (χ2v) is 5.39. The summed E-state index contributed by atoms with van der Waals surface area (Å²) in [6.07, 6.45) is 11.1. The molecular weight excluding hydrogens is 426 g/mol. The second kappa shape index (κ2) is 12.4. The van der Waals surface area contributed by atoms with Crippen molar-refractivity contribution in [1.29, 1.82) is 0 Å². The molecule has 0 saturated carbocycles. The monoisotopic (exact) mass is 444 g/mol. The largest absolute Gasteiger partial charge is 4.00 e. The van der Waals surface area contributed by atoms with Gasteiger partial charge >= 0.3 is 26.2 Å². The van der Waals surface area contributed by atoms with Gasteiger partial charge in [-0.15, -0.1) is 41.0 Å². The normalized spacial score (nSPS) is 10.9. The molecule has 0 saturated heterocycles. The van der Waals surface area contributed by atoms with Crippen molar-refractivity contribution in [1.82, 2.24) is 0 Å². The Kier molecular flexibility index (Phi) is 11.9. The number of benzene rings is 2. The van der Waals surface area contributed by atoms with Crippen LogP contribution in [0.2, 0.25) is 0 Å². The van der Waals surface area contributed by atoms with E-state index in [-0.39, 0.29) is 51.0 Å². The van der Waals surface area contributed by atoms with Crippen LogP contribution in [0.15, 0.2) is 78.9 Å². The third-order valence-electron chi connectivity index (χ3n) is 3.89. The maximum Gasteiger partial charge on any atom is 4.00 e. The summed E-state index contributed by atoms with van der Waals surface area (Å²) in [7, 11) is 0. The van der Waals surface area contributed by atoms with Crippen molar-refractivity contribution in [3.63, 3.8) is 0 Å². The van der Waals surface area contributed by atoms with E-state index in [4.69, 9.17) is 0 Å². The zero-order valence-corrected chi connectivity index (χ0v) is 18.1. The average molecular weight is 447 g/mol. The number of allylic oxidation sites excluding steroid dienone is 4. The summed E-state index contributed by atoms with van der Waals surface area (Å²) in [6, 6.07) is 21.8. The molecule has 0 bridgehead atoms. The van der Waals surface area contributed by atoms with E-state index in [0.717, 1.165) is 12.8 Å². The van der Waals surface area contributed by atoms with Crippen molar-refractivity contribution in [3.8, 4) is 11.1 Å². The predicted molar refractivity (Wildman–Crippen MR) is 95.9 cm³/mol. The molecule has 1 aliphatic rings. The first-order chi connectivity index (χ1) is 10.9. The van der Waals surface area contributed by atoms with Gasteiger partial charge in [0.1, 0.15) is 0 Å². The van der Waals surface area contributed by atoms with Crippen LogP contribution in [0.1, 0.15) is 18.9 Å². The molecule has 3 aromatic rings. The van der Waals surface area contributed by atoms with Crippen LogP contribution in [-0.2, 0) is 32.6 Å². The maximum atomic E-state index is 2.99. The van der Waals surface area contributed by atoms with Crippen LogP contribution in [0, 0.1) is 6.08 Å². The molecule has 0 aliphatic heterocycles. The molecular formula is C22H20Cl2Zr. The van der Waals surface area contributed by atoms with Crippen LogP contribution in [0.3, 0.4) is 0 Å². The van der Waals surface area contributed by atoms with Crippen LogP contribution in [0.25, 0.3) is 21.9 Å². The summed E-state index contributed by atoms with van der Waals surface area (Å²) in [5, 5.41) is 2.72. The Bertz CT molecular complexity index is 791. The first kappa shape index (κ1) is 24.0. The van der Waals surface area contributed by atoms with E-state index < -0.39 is 0 Å². The number of hydrogen-bond acceptors (Lipinski definition) is 0. The SMILES string of the molecule is CCc1cc2c(-c3ccccc3)cccc2[cH-]1.[C-]1=CC=CC1.[Cl-].[Cl-].[Zr+4]. The molecule has 0 atom stereocenters. The van der Waals surface area contributed by atoms with Crippen molar-refractivity contribution in [3.05, 3.63) is 90.5 Å². The maximum absolute atomic E-state index is 2.99. The first-order valence-corrected chi connectivity index (χ1v) is 7.84. The third kappa shape index (κ3) is 6.34. The van der Waals surface area contributed by atoms with Crippen LogP contribution in [0.4, 0.5) is 0 Å². The molecule has 0 heterocycles. The number of fused-ring (bicyclic) bond motifs is 1. The fourth-order valence-electron chi connectivity index (χ4n) is 2.71. The Morgan fingerprint density at radius 3 is 2.32 bits per heavy atom. The molecule has 0 spiro atoms. The van der Waals surface area contributed by atoms with E-state index in [0.29, 0.717) is 0 Å². The van der Waals surface area contributed by atoms with Gasteiger partial charge in [-0.25, -0.2) is 12.2 Å². The fourth-order valence-corrected chi connectivity index (χ4v) is 2.71. The number of aryl methyl sites for hydroxylation is 1. The van der Waals surface area contributed by atoms with Crippen molar-refractivity contribution in [2.24, 2.45) is 0 Å². The van der Waals surface area contributed by atoms with Crippen molar-refractivity contribution < 1.29 is 51.0 Å². The van der Waals surface area contributed by atoms with Gasteiger partial charge in [0.15, 0.2) is 0 Å². The molecule has 0 N–H and O–H groups in total. The van der Waals surface area contributed by atoms with E-state index >= 15 is 0 Å². The molecule has 4 rings (SSSR count). The molecule has 0 amide bonds. The summed E-state index contributed by atoms with van der Waals surface area (Å²) in [5.74, 6) is 0. The first-order valence-electron chi connectivity index (χ1n) is 7.84. The average Bonchev–Trinajstić information content (AvgIpc) is 3.27. The van der Waals surface area contributed by atoms with Crippen molar-refractivity contribution in [2.75, 3.05) is 0 Å². The molecule has 0 aromatic heterocycles. The number of rotatable bonds is 2. The van der Waals surface area contributed by atoms with Gasteiger partial charge in [0.05, 0.1) is 0 Å².